The number of nitrogen functional groups attached to an aromatic ring is 1. The lowest BCUT2D eigenvalue weighted by Crippen LogP contribution is -2.26. The highest BCUT2D eigenvalue weighted by Gasteiger charge is 2.20. The second-order valence-electron chi connectivity index (χ2n) is 8.23. The van der Waals surface area contributed by atoms with Gasteiger partial charge in [-0.25, -0.2) is 15.0 Å². The Kier molecular flexibility index (Phi) is 6.18. The zero-order valence-corrected chi connectivity index (χ0v) is 20.1. The van der Waals surface area contributed by atoms with Gasteiger partial charge in [-0.3, -0.25) is 9.36 Å². The smallest absolute Gasteiger partial charge is 0.264 e. The monoisotopic (exact) mass is 490 g/mol. The number of nitrogens with zero attached hydrogens (tertiary/aromatic N) is 6. The number of anilines is 2. The lowest BCUT2D eigenvalue weighted by molar-refractivity contribution is 0.411. The van der Waals surface area contributed by atoms with Crippen LogP contribution in [-0.4, -0.2) is 31.6 Å². The standard InChI is InChI=1S/C27H22N8O2/c1-16(33-24-18(12-28)13-32-27(29)34-24)22-11-17-7-6-10-21(25-30-14-20(37-2)15-31-25)23(17)26(36)35(22)19-8-4-3-5-9-19/h3-11,13-16H,1-2H3,(H3,29,32,33,34). The average Bonchev–Trinajstić information content (AvgIpc) is 2.93. The molecule has 0 amide bonds. The number of fused-ring (bicyclic) bond motifs is 1. The minimum Gasteiger partial charge on any atom is -0.494 e. The number of rotatable bonds is 6. The van der Waals surface area contributed by atoms with Gasteiger partial charge in [0.1, 0.15) is 17.5 Å². The van der Waals surface area contributed by atoms with Crippen LogP contribution in [0.5, 0.6) is 5.75 Å². The highest BCUT2D eigenvalue weighted by molar-refractivity contribution is 5.95. The van der Waals surface area contributed by atoms with Crippen LogP contribution in [0.3, 0.4) is 0 Å². The van der Waals surface area contributed by atoms with E-state index in [1.807, 2.05) is 61.5 Å². The van der Waals surface area contributed by atoms with E-state index in [4.69, 9.17) is 10.5 Å². The van der Waals surface area contributed by atoms with E-state index in [-0.39, 0.29) is 22.9 Å². The van der Waals surface area contributed by atoms with Crippen LogP contribution in [0.2, 0.25) is 0 Å². The van der Waals surface area contributed by atoms with Crippen LogP contribution in [0, 0.1) is 11.3 Å². The predicted molar refractivity (Wildman–Crippen MR) is 140 cm³/mol. The maximum atomic E-state index is 14.2. The minimum absolute atomic E-state index is 0.0387. The second kappa shape index (κ2) is 9.75. The molecular weight excluding hydrogens is 468 g/mol. The van der Waals surface area contributed by atoms with E-state index < -0.39 is 6.04 Å². The summed E-state index contributed by atoms with van der Waals surface area (Å²) < 4.78 is 6.82. The number of aromatic nitrogens is 5. The van der Waals surface area contributed by atoms with E-state index in [1.54, 1.807) is 24.1 Å². The van der Waals surface area contributed by atoms with E-state index in [9.17, 15) is 10.1 Å². The van der Waals surface area contributed by atoms with Gasteiger partial charge in [-0.2, -0.15) is 10.2 Å². The van der Waals surface area contributed by atoms with Gasteiger partial charge in [0.2, 0.25) is 5.95 Å². The van der Waals surface area contributed by atoms with Crippen LogP contribution in [0.15, 0.2) is 78.0 Å². The Morgan fingerprint density at radius 1 is 1.05 bits per heavy atom. The molecular formula is C27H22N8O2. The van der Waals surface area contributed by atoms with Crippen molar-refractivity contribution < 1.29 is 4.74 Å². The Bertz CT molecular complexity index is 1690. The fourth-order valence-electron chi connectivity index (χ4n) is 4.16. The number of benzene rings is 2. The number of nitrogens with one attached hydrogen (secondary N) is 1. The molecule has 182 valence electrons. The van der Waals surface area contributed by atoms with Crippen molar-refractivity contribution in [1.82, 2.24) is 24.5 Å². The van der Waals surface area contributed by atoms with E-state index in [2.05, 4.69) is 31.3 Å². The van der Waals surface area contributed by atoms with Gasteiger partial charge < -0.3 is 15.8 Å². The molecule has 2 aromatic carbocycles. The largest absolute Gasteiger partial charge is 0.494 e. The summed E-state index contributed by atoms with van der Waals surface area (Å²) in [6, 6.07) is 18.5. The molecule has 3 aromatic heterocycles. The SMILES string of the molecule is COc1cnc(-c2cccc3cc(C(C)Nc4nc(N)ncc4C#N)n(-c4ccccc4)c(=O)c23)nc1. The van der Waals surface area contributed by atoms with Crippen molar-refractivity contribution in [3.05, 3.63) is 94.8 Å². The lowest BCUT2D eigenvalue weighted by Gasteiger charge is -2.22. The van der Waals surface area contributed by atoms with Gasteiger partial charge in [0, 0.05) is 16.9 Å². The van der Waals surface area contributed by atoms with Crippen molar-refractivity contribution in [3.8, 4) is 28.9 Å². The number of ether oxygens (including phenoxy) is 1. The minimum atomic E-state index is -0.431. The molecule has 0 radical (unpaired) electrons. The van der Waals surface area contributed by atoms with Gasteiger partial charge in [-0.15, -0.1) is 0 Å². The highest BCUT2D eigenvalue weighted by atomic mass is 16.5. The number of nitrogens with two attached hydrogens (primary N) is 1. The molecule has 0 fully saturated rings. The molecule has 0 bridgehead atoms. The van der Waals surface area contributed by atoms with Gasteiger partial charge in [0.25, 0.3) is 5.56 Å². The highest BCUT2D eigenvalue weighted by Crippen LogP contribution is 2.29. The Morgan fingerprint density at radius 2 is 1.81 bits per heavy atom. The Labute approximate surface area is 212 Å². The predicted octanol–water partition coefficient (Wildman–Crippen LogP) is 3.87. The molecule has 3 N–H and O–H groups in total. The van der Waals surface area contributed by atoms with Crippen LogP contribution in [0.1, 0.15) is 24.2 Å². The van der Waals surface area contributed by atoms with Crippen molar-refractivity contribution >= 4 is 22.5 Å². The van der Waals surface area contributed by atoms with Crippen LogP contribution in [0.25, 0.3) is 27.8 Å². The van der Waals surface area contributed by atoms with Crippen LogP contribution in [0.4, 0.5) is 11.8 Å². The molecule has 0 aliphatic carbocycles. The average molecular weight is 491 g/mol. The quantitative estimate of drug-likeness (QED) is 0.362. The van der Waals surface area contributed by atoms with Gasteiger partial charge in [0.15, 0.2) is 11.6 Å². The molecule has 3 heterocycles. The molecule has 0 aliphatic heterocycles. The van der Waals surface area contributed by atoms with Gasteiger partial charge in [-0.05, 0) is 30.5 Å². The van der Waals surface area contributed by atoms with E-state index in [1.165, 1.54) is 6.20 Å². The Morgan fingerprint density at radius 3 is 2.51 bits per heavy atom. The fourth-order valence-corrected chi connectivity index (χ4v) is 4.16. The van der Waals surface area contributed by atoms with Crippen molar-refractivity contribution in [2.45, 2.75) is 13.0 Å². The number of nitriles is 1. The number of hydrogen-bond donors (Lipinski definition) is 2. The maximum Gasteiger partial charge on any atom is 0.264 e. The molecule has 10 nitrogen and oxygen atoms in total. The van der Waals surface area contributed by atoms with Crippen LogP contribution >= 0.6 is 0 Å². The summed E-state index contributed by atoms with van der Waals surface area (Å²) in [6.07, 6.45) is 4.50. The van der Waals surface area contributed by atoms with Crippen molar-refractivity contribution in [1.29, 1.82) is 5.26 Å². The topological polar surface area (TPSA) is 145 Å². The lowest BCUT2D eigenvalue weighted by atomic mass is 10.0. The fraction of sp³-hybridized carbons (Fsp3) is 0.111. The van der Waals surface area contributed by atoms with Gasteiger partial charge in [-0.1, -0.05) is 36.4 Å². The Hall–Kier alpha value is -5.30. The summed E-state index contributed by atoms with van der Waals surface area (Å²) in [5.74, 6) is 1.26. The summed E-state index contributed by atoms with van der Waals surface area (Å²) in [5, 5.41) is 13.9. The molecule has 5 rings (SSSR count). The summed E-state index contributed by atoms with van der Waals surface area (Å²) in [5.41, 5.74) is 7.73. The summed E-state index contributed by atoms with van der Waals surface area (Å²) >= 11 is 0. The number of methoxy groups -OCH3 is 1. The third-order valence-electron chi connectivity index (χ3n) is 5.92. The maximum absolute atomic E-state index is 14.2. The van der Waals surface area contributed by atoms with E-state index >= 15 is 0 Å². The van der Waals surface area contributed by atoms with Crippen molar-refractivity contribution in [3.63, 3.8) is 0 Å². The number of pyridine rings is 1. The molecule has 1 unspecified atom stereocenters. The molecule has 0 aliphatic rings. The summed E-state index contributed by atoms with van der Waals surface area (Å²) in [4.78, 5) is 31.0. The third kappa shape index (κ3) is 4.41. The normalized spacial score (nSPS) is 11.6. The van der Waals surface area contributed by atoms with Crippen LogP contribution < -0.4 is 21.3 Å². The molecule has 10 heteroatoms. The first kappa shape index (κ1) is 23.4. The molecule has 1 atom stereocenters. The Balaban J connectivity index is 1.73. The summed E-state index contributed by atoms with van der Waals surface area (Å²) in [6.45, 7) is 1.88. The molecule has 37 heavy (non-hydrogen) atoms. The summed E-state index contributed by atoms with van der Waals surface area (Å²) in [7, 11) is 1.54. The first-order valence-corrected chi connectivity index (χ1v) is 11.4. The first-order chi connectivity index (χ1) is 18.0. The first-order valence-electron chi connectivity index (χ1n) is 11.4. The van der Waals surface area contributed by atoms with Crippen LogP contribution in [-0.2, 0) is 0 Å². The zero-order valence-electron chi connectivity index (χ0n) is 20.1. The second-order valence-corrected chi connectivity index (χ2v) is 8.23. The third-order valence-corrected chi connectivity index (χ3v) is 5.92. The number of hydrogen-bond acceptors (Lipinski definition) is 9. The zero-order chi connectivity index (χ0) is 25.9. The number of para-hydroxylation sites is 1. The van der Waals surface area contributed by atoms with E-state index in [0.29, 0.717) is 33.9 Å². The van der Waals surface area contributed by atoms with Crippen molar-refractivity contribution in [2.75, 3.05) is 18.2 Å². The van der Waals surface area contributed by atoms with E-state index in [0.717, 1.165) is 5.39 Å². The van der Waals surface area contributed by atoms with Gasteiger partial charge in [0.05, 0.1) is 37.1 Å². The molecule has 0 saturated carbocycles. The molecule has 0 spiro atoms. The van der Waals surface area contributed by atoms with Gasteiger partial charge >= 0.3 is 0 Å². The molecule has 5 aromatic rings. The van der Waals surface area contributed by atoms with Crippen molar-refractivity contribution in [2.24, 2.45) is 0 Å². The molecule has 0 saturated heterocycles.